The zero-order valence-electron chi connectivity index (χ0n) is 15.7. The van der Waals surface area contributed by atoms with Crippen molar-refractivity contribution in [1.82, 2.24) is 0 Å². The molecule has 1 atom stereocenters. The van der Waals surface area contributed by atoms with Crippen molar-refractivity contribution in [1.29, 1.82) is 0 Å². The van der Waals surface area contributed by atoms with E-state index in [0.29, 0.717) is 18.8 Å². The van der Waals surface area contributed by atoms with Crippen LogP contribution in [0.3, 0.4) is 0 Å². The number of para-hydroxylation sites is 1. The number of carbonyl (C=O) groups excluding carboxylic acids is 2. The Balaban J connectivity index is 1.52. The van der Waals surface area contributed by atoms with Gasteiger partial charge in [0.2, 0.25) is 11.8 Å². The number of hydrogen-bond donors (Lipinski definition) is 1. The summed E-state index contributed by atoms with van der Waals surface area (Å²) < 4.78 is 5.68. The van der Waals surface area contributed by atoms with Crippen LogP contribution in [0, 0.1) is 5.92 Å². The van der Waals surface area contributed by atoms with Crippen LogP contribution in [-0.4, -0.2) is 25.0 Å². The Hall–Kier alpha value is -2.82. The van der Waals surface area contributed by atoms with E-state index in [1.54, 1.807) is 4.90 Å². The van der Waals surface area contributed by atoms with E-state index in [2.05, 4.69) is 12.2 Å². The number of benzene rings is 2. The SMILES string of the molecule is CCCCCOc1ccc(NC(=O)C2CC(=O)N(c3ccccc3)C2)cc1. The standard InChI is InChI=1S/C22H26N2O3/c1-2-3-7-14-27-20-12-10-18(11-13-20)23-22(26)17-15-21(25)24(16-17)19-8-5-4-6-9-19/h4-6,8-13,17H,2-3,7,14-16H2,1H3,(H,23,26). The molecule has 0 radical (unpaired) electrons. The first-order valence-corrected chi connectivity index (χ1v) is 9.56. The fraction of sp³-hybridized carbons (Fsp3) is 0.364. The summed E-state index contributed by atoms with van der Waals surface area (Å²) in [7, 11) is 0. The molecule has 2 aromatic rings. The van der Waals surface area contributed by atoms with Gasteiger partial charge in [-0.1, -0.05) is 38.0 Å². The normalized spacial score (nSPS) is 16.4. The number of nitrogens with one attached hydrogen (secondary N) is 1. The van der Waals surface area contributed by atoms with Crippen molar-refractivity contribution in [3.05, 3.63) is 54.6 Å². The van der Waals surface area contributed by atoms with E-state index in [4.69, 9.17) is 4.74 Å². The monoisotopic (exact) mass is 366 g/mol. The van der Waals surface area contributed by atoms with E-state index in [1.165, 1.54) is 6.42 Å². The summed E-state index contributed by atoms with van der Waals surface area (Å²) >= 11 is 0. The average molecular weight is 366 g/mol. The number of rotatable bonds is 8. The van der Waals surface area contributed by atoms with Gasteiger partial charge in [-0.3, -0.25) is 9.59 Å². The molecule has 0 spiro atoms. The lowest BCUT2D eigenvalue weighted by atomic mass is 10.1. The topological polar surface area (TPSA) is 58.6 Å². The maximum absolute atomic E-state index is 12.5. The van der Waals surface area contributed by atoms with Crippen LogP contribution in [0.25, 0.3) is 0 Å². The van der Waals surface area contributed by atoms with Gasteiger partial charge in [-0.05, 0) is 42.8 Å². The first-order valence-electron chi connectivity index (χ1n) is 9.56. The summed E-state index contributed by atoms with van der Waals surface area (Å²) in [5, 5.41) is 2.91. The molecule has 3 rings (SSSR count). The van der Waals surface area contributed by atoms with Gasteiger partial charge < -0.3 is 15.0 Å². The largest absolute Gasteiger partial charge is 0.494 e. The third kappa shape index (κ3) is 5.09. The van der Waals surface area contributed by atoms with Gasteiger partial charge in [0.25, 0.3) is 0 Å². The number of anilines is 2. The van der Waals surface area contributed by atoms with Crippen molar-refractivity contribution in [3.63, 3.8) is 0 Å². The Morgan fingerprint density at radius 1 is 1.11 bits per heavy atom. The highest BCUT2D eigenvalue weighted by Gasteiger charge is 2.35. The van der Waals surface area contributed by atoms with Gasteiger partial charge in [0.15, 0.2) is 0 Å². The molecule has 1 heterocycles. The molecule has 1 aliphatic heterocycles. The molecule has 1 N–H and O–H groups in total. The second-order valence-electron chi connectivity index (χ2n) is 6.81. The summed E-state index contributed by atoms with van der Waals surface area (Å²) in [6.45, 7) is 3.28. The number of amides is 2. The average Bonchev–Trinajstić information content (AvgIpc) is 3.09. The van der Waals surface area contributed by atoms with Gasteiger partial charge in [-0.25, -0.2) is 0 Å². The third-order valence-corrected chi connectivity index (χ3v) is 4.70. The molecular formula is C22H26N2O3. The first kappa shape index (κ1) is 19.0. The summed E-state index contributed by atoms with van der Waals surface area (Å²) in [5.41, 5.74) is 1.55. The Bertz CT molecular complexity index is 759. The molecule has 142 valence electrons. The number of hydrogen-bond acceptors (Lipinski definition) is 3. The van der Waals surface area contributed by atoms with Crippen molar-refractivity contribution in [2.45, 2.75) is 32.6 Å². The Morgan fingerprint density at radius 2 is 1.85 bits per heavy atom. The molecule has 0 saturated carbocycles. The van der Waals surface area contributed by atoms with Crippen molar-refractivity contribution in [2.24, 2.45) is 5.92 Å². The smallest absolute Gasteiger partial charge is 0.229 e. The first-order chi connectivity index (χ1) is 13.2. The molecule has 1 saturated heterocycles. The minimum atomic E-state index is -0.345. The lowest BCUT2D eigenvalue weighted by Gasteiger charge is -2.16. The van der Waals surface area contributed by atoms with Gasteiger partial charge >= 0.3 is 0 Å². The maximum Gasteiger partial charge on any atom is 0.229 e. The van der Waals surface area contributed by atoms with Crippen LogP contribution in [0.15, 0.2) is 54.6 Å². The van der Waals surface area contributed by atoms with Crippen LogP contribution in [0.2, 0.25) is 0 Å². The minimum Gasteiger partial charge on any atom is -0.494 e. The molecule has 0 bridgehead atoms. The lowest BCUT2D eigenvalue weighted by molar-refractivity contribution is -0.122. The molecule has 1 fully saturated rings. The van der Waals surface area contributed by atoms with Crippen LogP contribution in [0.5, 0.6) is 5.75 Å². The Morgan fingerprint density at radius 3 is 2.56 bits per heavy atom. The summed E-state index contributed by atoms with van der Waals surface area (Å²) in [6.07, 6.45) is 3.61. The van der Waals surface area contributed by atoms with Gasteiger partial charge in [-0.2, -0.15) is 0 Å². The zero-order chi connectivity index (χ0) is 19.1. The van der Waals surface area contributed by atoms with Gasteiger partial charge in [0.05, 0.1) is 12.5 Å². The fourth-order valence-electron chi connectivity index (χ4n) is 3.16. The quantitative estimate of drug-likeness (QED) is 0.711. The summed E-state index contributed by atoms with van der Waals surface area (Å²) in [6, 6.07) is 16.8. The number of unbranched alkanes of at least 4 members (excludes halogenated alkanes) is 2. The van der Waals surface area contributed by atoms with Crippen LogP contribution in [0.1, 0.15) is 32.6 Å². The van der Waals surface area contributed by atoms with E-state index in [-0.39, 0.29) is 24.2 Å². The van der Waals surface area contributed by atoms with Crippen LogP contribution < -0.4 is 15.0 Å². The minimum absolute atomic E-state index is 0.0165. The molecule has 2 amide bonds. The van der Waals surface area contributed by atoms with Gasteiger partial charge in [0, 0.05) is 24.3 Å². The molecule has 5 nitrogen and oxygen atoms in total. The van der Waals surface area contributed by atoms with E-state index >= 15 is 0 Å². The predicted molar refractivity (Wildman–Crippen MR) is 107 cm³/mol. The van der Waals surface area contributed by atoms with Gasteiger partial charge in [0.1, 0.15) is 5.75 Å². The zero-order valence-corrected chi connectivity index (χ0v) is 15.7. The van der Waals surface area contributed by atoms with Gasteiger partial charge in [-0.15, -0.1) is 0 Å². The summed E-state index contributed by atoms with van der Waals surface area (Å²) in [5.74, 6) is 0.314. The second-order valence-corrected chi connectivity index (χ2v) is 6.81. The molecule has 1 aliphatic rings. The molecule has 0 aliphatic carbocycles. The van der Waals surface area contributed by atoms with E-state index < -0.39 is 0 Å². The maximum atomic E-state index is 12.5. The fourth-order valence-corrected chi connectivity index (χ4v) is 3.16. The molecule has 1 unspecified atom stereocenters. The van der Waals surface area contributed by atoms with Crippen LogP contribution in [0.4, 0.5) is 11.4 Å². The van der Waals surface area contributed by atoms with Crippen molar-refractivity contribution in [3.8, 4) is 5.75 Å². The number of nitrogens with zero attached hydrogens (tertiary/aromatic N) is 1. The molecule has 2 aromatic carbocycles. The number of carbonyl (C=O) groups is 2. The van der Waals surface area contributed by atoms with Crippen molar-refractivity contribution in [2.75, 3.05) is 23.4 Å². The van der Waals surface area contributed by atoms with E-state index in [0.717, 1.165) is 24.3 Å². The van der Waals surface area contributed by atoms with Crippen LogP contribution >= 0.6 is 0 Å². The highest BCUT2D eigenvalue weighted by molar-refractivity contribution is 6.03. The second kappa shape index (κ2) is 9.21. The third-order valence-electron chi connectivity index (χ3n) is 4.70. The highest BCUT2D eigenvalue weighted by Crippen LogP contribution is 2.26. The number of ether oxygens (including phenoxy) is 1. The van der Waals surface area contributed by atoms with Crippen molar-refractivity contribution >= 4 is 23.2 Å². The molecule has 0 aromatic heterocycles. The van der Waals surface area contributed by atoms with E-state index in [1.807, 2.05) is 54.6 Å². The summed E-state index contributed by atoms with van der Waals surface area (Å²) in [4.78, 5) is 26.5. The van der Waals surface area contributed by atoms with Crippen molar-refractivity contribution < 1.29 is 14.3 Å². The lowest BCUT2D eigenvalue weighted by Crippen LogP contribution is -2.28. The van der Waals surface area contributed by atoms with Crippen LogP contribution in [-0.2, 0) is 9.59 Å². The Kier molecular flexibility index (Phi) is 6.47. The predicted octanol–water partition coefficient (Wildman–Crippen LogP) is 4.25. The molecular weight excluding hydrogens is 340 g/mol. The highest BCUT2D eigenvalue weighted by atomic mass is 16.5. The van der Waals surface area contributed by atoms with E-state index in [9.17, 15) is 9.59 Å². The molecule has 5 heteroatoms. The Labute approximate surface area is 160 Å². The molecule has 27 heavy (non-hydrogen) atoms.